The lowest BCUT2D eigenvalue weighted by atomic mass is 9.95. The normalized spacial score (nSPS) is 16.0. The number of rotatable bonds is 2. The number of carbonyl (C=O) groups excluding carboxylic acids is 2. The third-order valence-electron chi connectivity index (χ3n) is 3.83. The van der Waals surface area contributed by atoms with Crippen LogP contribution in [0.3, 0.4) is 0 Å². The van der Waals surface area contributed by atoms with Crippen LogP contribution < -0.4 is 0 Å². The molecule has 108 valence electrons. The predicted octanol–water partition coefficient (Wildman–Crippen LogP) is 3.41. The molecule has 2 aromatic rings. The van der Waals surface area contributed by atoms with Gasteiger partial charge >= 0.3 is 11.9 Å². The molecule has 0 spiro atoms. The molecule has 1 atom stereocenters. The lowest BCUT2D eigenvalue weighted by molar-refractivity contribution is 0.0601. The monoisotopic (exact) mass is 348 g/mol. The minimum absolute atomic E-state index is 0.189. The molecule has 0 aliphatic heterocycles. The van der Waals surface area contributed by atoms with Crippen LogP contribution in [-0.4, -0.2) is 26.2 Å². The molecule has 0 saturated heterocycles. The summed E-state index contributed by atoms with van der Waals surface area (Å²) in [6.45, 7) is 0. The molecule has 0 amide bonds. The molecule has 0 radical (unpaired) electrons. The highest BCUT2D eigenvalue weighted by Crippen LogP contribution is 2.43. The number of hydrogen-bond acceptors (Lipinski definition) is 4. The summed E-state index contributed by atoms with van der Waals surface area (Å²) < 4.78 is 9.67. The third-order valence-corrected chi connectivity index (χ3v) is 4.64. The second-order valence-electron chi connectivity index (χ2n) is 4.88. The van der Waals surface area contributed by atoms with E-state index >= 15 is 0 Å². The van der Waals surface area contributed by atoms with Gasteiger partial charge in [0.1, 0.15) is 0 Å². The molecule has 2 aromatic carbocycles. The number of ether oxygens (including phenoxy) is 2. The van der Waals surface area contributed by atoms with Crippen molar-refractivity contribution in [2.75, 3.05) is 14.2 Å². The van der Waals surface area contributed by atoms with E-state index in [2.05, 4.69) is 15.9 Å². The standard InChI is InChI=1S/C16H13BrO4/c1-20-15(18)10-4-3-8-7-12(17)9-5-6-11(16(19)21-2)14(10)13(8)9/h3-6,12H,7H2,1-2H3. The van der Waals surface area contributed by atoms with Crippen molar-refractivity contribution in [2.24, 2.45) is 0 Å². The Bertz CT molecular complexity index is 744. The molecule has 21 heavy (non-hydrogen) atoms. The van der Waals surface area contributed by atoms with Crippen molar-refractivity contribution in [3.8, 4) is 0 Å². The van der Waals surface area contributed by atoms with Crippen molar-refractivity contribution in [3.63, 3.8) is 0 Å². The van der Waals surface area contributed by atoms with E-state index in [1.54, 1.807) is 12.1 Å². The summed E-state index contributed by atoms with van der Waals surface area (Å²) >= 11 is 3.64. The zero-order valence-electron chi connectivity index (χ0n) is 11.6. The Labute approximate surface area is 130 Å². The average Bonchev–Trinajstić information content (AvgIpc) is 2.84. The van der Waals surface area contributed by atoms with Gasteiger partial charge in [-0.2, -0.15) is 0 Å². The molecular formula is C16H13BrO4. The summed E-state index contributed by atoms with van der Waals surface area (Å²) in [5, 5.41) is 1.56. The van der Waals surface area contributed by atoms with Crippen LogP contribution in [0.25, 0.3) is 10.8 Å². The van der Waals surface area contributed by atoms with Crippen LogP contribution >= 0.6 is 15.9 Å². The van der Waals surface area contributed by atoms with E-state index < -0.39 is 11.9 Å². The van der Waals surface area contributed by atoms with E-state index in [0.29, 0.717) is 16.5 Å². The molecule has 0 heterocycles. The number of halogens is 1. The fraction of sp³-hybridized carbons (Fsp3) is 0.250. The second kappa shape index (κ2) is 5.15. The number of alkyl halides is 1. The SMILES string of the molecule is COC(=O)c1ccc2c3c(ccc(C(=O)OC)c13)C(Br)C2. The average molecular weight is 349 g/mol. The van der Waals surface area contributed by atoms with Crippen LogP contribution in [0.1, 0.15) is 36.7 Å². The largest absolute Gasteiger partial charge is 0.465 e. The van der Waals surface area contributed by atoms with Crippen molar-refractivity contribution in [3.05, 3.63) is 46.5 Å². The fourth-order valence-corrected chi connectivity index (χ4v) is 3.62. The topological polar surface area (TPSA) is 52.6 Å². The third kappa shape index (κ3) is 2.03. The van der Waals surface area contributed by atoms with E-state index in [4.69, 9.17) is 9.47 Å². The summed E-state index contributed by atoms with van der Waals surface area (Å²) in [7, 11) is 2.66. The smallest absolute Gasteiger partial charge is 0.338 e. The molecule has 5 heteroatoms. The maximum Gasteiger partial charge on any atom is 0.338 e. The van der Waals surface area contributed by atoms with Crippen molar-refractivity contribution in [1.29, 1.82) is 0 Å². The minimum atomic E-state index is -0.457. The van der Waals surface area contributed by atoms with Crippen LogP contribution in [-0.2, 0) is 15.9 Å². The number of esters is 2. The lowest BCUT2D eigenvalue weighted by Crippen LogP contribution is -2.08. The molecule has 1 aliphatic rings. The number of carbonyl (C=O) groups is 2. The molecular weight excluding hydrogens is 336 g/mol. The van der Waals surface area contributed by atoms with Gasteiger partial charge in [0.2, 0.25) is 0 Å². The zero-order chi connectivity index (χ0) is 15.1. The summed E-state index contributed by atoms with van der Waals surface area (Å²) in [5.41, 5.74) is 2.97. The van der Waals surface area contributed by atoms with Crippen LogP contribution in [0.4, 0.5) is 0 Å². The summed E-state index contributed by atoms with van der Waals surface area (Å²) in [5.74, 6) is -0.913. The zero-order valence-corrected chi connectivity index (χ0v) is 13.2. The van der Waals surface area contributed by atoms with Crippen molar-refractivity contribution < 1.29 is 19.1 Å². The van der Waals surface area contributed by atoms with E-state index in [-0.39, 0.29) is 4.83 Å². The summed E-state index contributed by atoms with van der Waals surface area (Å²) in [6.07, 6.45) is 0.831. The molecule has 0 fully saturated rings. The van der Waals surface area contributed by atoms with Gasteiger partial charge in [0.15, 0.2) is 0 Å². The maximum atomic E-state index is 12.0. The molecule has 0 bridgehead atoms. The first kappa shape index (κ1) is 14.1. The Morgan fingerprint density at radius 1 is 1.00 bits per heavy atom. The second-order valence-corrected chi connectivity index (χ2v) is 5.98. The quantitative estimate of drug-likeness (QED) is 0.616. The number of benzene rings is 2. The van der Waals surface area contributed by atoms with Gasteiger partial charge in [-0.1, -0.05) is 28.1 Å². The van der Waals surface area contributed by atoms with Gasteiger partial charge in [-0.3, -0.25) is 0 Å². The highest BCUT2D eigenvalue weighted by Gasteiger charge is 2.28. The van der Waals surface area contributed by atoms with Crippen molar-refractivity contribution in [1.82, 2.24) is 0 Å². The Kier molecular flexibility index (Phi) is 3.45. The minimum Gasteiger partial charge on any atom is -0.465 e. The predicted molar refractivity (Wildman–Crippen MR) is 82.0 cm³/mol. The van der Waals surface area contributed by atoms with Gasteiger partial charge in [-0.05, 0) is 35.1 Å². The van der Waals surface area contributed by atoms with Gasteiger partial charge in [-0.25, -0.2) is 9.59 Å². The fourth-order valence-electron chi connectivity index (χ4n) is 2.89. The van der Waals surface area contributed by atoms with Crippen LogP contribution in [0, 0.1) is 0 Å². The molecule has 0 saturated carbocycles. The first-order valence-electron chi connectivity index (χ1n) is 6.47. The van der Waals surface area contributed by atoms with Crippen molar-refractivity contribution in [2.45, 2.75) is 11.2 Å². The Morgan fingerprint density at radius 3 is 2.14 bits per heavy atom. The van der Waals surface area contributed by atoms with E-state index in [0.717, 1.165) is 22.9 Å². The Hall–Kier alpha value is -1.88. The summed E-state index contributed by atoms with van der Waals surface area (Å²) in [4.78, 5) is 24.2. The Balaban J connectivity index is 2.43. The molecule has 4 nitrogen and oxygen atoms in total. The van der Waals surface area contributed by atoms with Gasteiger partial charge in [0.25, 0.3) is 0 Å². The van der Waals surface area contributed by atoms with Gasteiger partial charge in [0.05, 0.1) is 25.3 Å². The van der Waals surface area contributed by atoms with Gasteiger partial charge in [0, 0.05) is 10.2 Å². The molecule has 0 N–H and O–H groups in total. The number of hydrogen-bond donors (Lipinski definition) is 0. The molecule has 1 unspecified atom stereocenters. The van der Waals surface area contributed by atoms with Gasteiger partial charge in [-0.15, -0.1) is 0 Å². The first-order chi connectivity index (χ1) is 10.1. The van der Waals surface area contributed by atoms with Crippen LogP contribution in [0.15, 0.2) is 24.3 Å². The first-order valence-corrected chi connectivity index (χ1v) is 7.39. The summed E-state index contributed by atoms with van der Waals surface area (Å²) in [6, 6.07) is 7.25. The highest BCUT2D eigenvalue weighted by molar-refractivity contribution is 9.09. The van der Waals surface area contributed by atoms with E-state index in [9.17, 15) is 9.59 Å². The molecule has 3 rings (SSSR count). The van der Waals surface area contributed by atoms with E-state index in [1.165, 1.54) is 14.2 Å². The lowest BCUT2D eigenvalue weighted by Gasteiger charge is -2.11. The maximum absolute atomic E-state index is 12.0. The van der Waals surface area contributed by atoms with Crippen LogP contribution in [0.2, 0.25) is 0 Å². The number of methoxy groups -OCH3 is 2. The van der Waals surface area contributed by atoms with E-state index in [1.807, 2.05) is 12.1 Å². The van der Waals surface area contributed by atoms with Gasteiger partial charge < -0.3 is 9.47 Å². The highest BCUT2D eigenvalue weighted by atomic mass is 79.9. The molecule has 1 aliphatic carbocycles. The van der Waals surface area contributed by atoms with Crippen molar-refractivity contribution >= 4 is 38.6 Å². The Morgan fingerprint density at radius 2 is 1.57 bits per heavy atom. The van der Waals surface area contributed by atoms with Crippen LogP contribution in [0.5, 0.6) is 0 Å². The molecule has 0 aromatic heterocycles.